The molecule has 0 fully saturated rings. The highest BCUT2D eigenvalue weighted by Crippen LogP contribution is 2.28. The third-order valence-electron chi connectivity index (χ3n) is 4.01. The molecular formula is C19H20N2O4S. The molecule has 136 valence electrons. The zero-order chi connectivity index (χ0) is 18.7. The predicted octanol–water partition coefficient (Wildman–Crippen LogP) is 3.69. The lowest BCUT2D eigenvalue weighted by Crippen LogP contribution is -2.14. The van der Waals surface area contributed by atoms with Crippen molar-refractivity contribution in [2.45, 2.75) is 25.2 Å². The molecule has 1 heterocycles. The van der Waals surface area contributed by atoms with Crippen molar-refractivity contribution in [1.29, 1.82) is 0 Å². The summed E-state index contributed by atoms with van der Waals surface area (Å²) < 4.78 is 38.3. The molecule has 6 nitrogen and oxygen atoms in total. The summed E-state index contributed by atoms with van der Waals surface area (Å²) in [6.07, 6.45) is 0.630. The zero-order valence-electron chi connectivity index (χ0n) is 14.8. The summed E-state index contributed by atoms with van der Waals surface area (Å²) in [6.45, 7) is 3.17. The number of aryl methyl sites for hydroxylation is 2. The fourth-order valence-corrected chi connectivity index (χ4v) is 4.24. The summed E-state index contributed by atoms with van der Waals surface area (Å²) in [4.78, 5) is 0.0675. The van der Waals surface area contributed by atoms with E-state index in [9.17, 15) is 8.42 Å². The van der Waals surface area contributed by atoms with Gasteiger partial charge in [0.25, 0.3) is 10.0 Å². The van der Waals surface area contributed by atoms with Crippen molar-refractivity contribution in [3.05, 3.63) is 71.1 Å². The van der Waals surface area contributed by atoms with Gasteiger partial charge >= 0.3 is 0 Å². The van der Waals surface area contributed by atoms with Crippen molar-refractivity contribution in [3.8, 4) is 5.75 Å². The molecule has 0 saturated heterocycles. The van der Waals surface area contributed by atoms with E-state index in [1.807, 2.05) is 30.3 Å². The quantitative estimate of drug-likeness (QED) is 0.714. The number of aromatic nitrogens is 1. The number of nitrogens with zero attached hydrogens (tertiary/aromatic N) is 1. The lowest BCUT2D eigenvalue weighted by molar-refractivity contribution is 0.390. The molecule has 0 aliphatic heterocycles. The van der Waals surface area contributed by atoms with Crippen molar-refractivity contribution in [1.82, 2.24) is 5.16 Å². The van der Waals surface area contributed by atoms with Gasteiger partial charge in [0, 0.05) is 17.7 Å². The Balaban J connectivity index is 1.93. The molecule has 0 saturated carbocycles. The Morgan fingerprint density at radius 2 is 1.85 bits per heavy atom. The molecule has 0 amide bonds. The highest BCUT2D eigenvalue weighted by molar-refractivity contribution is 7.92. The van der Waals surface area contributed by atoms with Gasteiger partial charge in [-0.15, -0.1) is 0 Å². The van der Waals surface area contributed by atoms with Crippen molar-refractivity contribution in [2.24, 2.45) is 0 Å². The Hall–Kier alpha value is -2.80. The van der Waals surface area contributed by atoms with Crippen LogP contribution in [-0.4, -0.2) is 20.7 Å². The molecule has 26 heavy (non-hydrogen) atoms. The monoisotopic (exact) mass is 372 g/mol. The number of sulfonamides is 1. The number of rotatable bonds is 6. The van der Waals surface area contributed by atoms with Crippen LogP contribution in [0, 0.1) is 13.8 Å². The van der Waals surface area contributed by atoms with Gasteiger partial charge in [0.2, 0.25) is 0 Å². The molecular weight excluding hydrogens is 352 g/mol. The van der Waals surface area contributed by atoms with Crippen LogP contribution in [0.3, 0.4) is 0 Å². The first kappa shape index (κ1) is 18.0. The van der Waals surface area contributed by atoms with E-state index in [1.54, 1.807) is 39.2 Å². The predicted molar refractivity (Wildman–Crippen MR) is 99.0 cm³/mol. The SMILES string of the molecule is COc1ccc(NS(=O)(=O)c2c(C)noc2C)cc1Cc1ccccc1. The first-order chi connectivity index (χ1) is 12.4. The minimum absolute atomic E-state index is 0.0675. The Morgan fingerprint density at radius 3 is 2.46 bits per heavy atom. The number of benzene rings is 2. The molecule has 3 rings (SSSR count). The molecule has 0 atom stereocenters. The van der Waals surface area contributed by atoms with Gasteiger partial charge in [-0.05, 0) is 37.6 Å². The van der Waals surface area contributed by atoms with E-state index in [2.05, 4.69) is 9.88 Å². The van der Waals surface area contributed by atoms with E-state index in [0.29, 0.717) is 23.6 Å². The number of hydrogen-bond donors (Lipinski definition) is 1. The van der Waals surface area contributed by atoms with Crippen LogP contribution in [0.25, 0.3) is 0 Å². The number of anilines is 1. The molecule has 0 radical (unpaired) electrons. The first-order valence-corrected chi connectivity index (χ1v) is 9.55. The van der Waals surface area contributed by atoms with Crippen molar-refractivity contribution >= 4 is 15.7 Å². The molecule has 0 spiro atoms. The molecule has 2 aromatic carbocycles. The fourth-order valence-electron chi connectivity index (χ4n) is 2.86. The van der Waals surface area contributed by atoms with Gasteiger partial charge in [0.05, 0.1) is 7.11 Å². The van der Waals surface area contributed by atoms with Crippen LogP contribution in [0.4, 0.5) is 5.69 Å². The Morgan fingerprint density at radius 1 is 1.12 bits per heavy atom. The van der Waals surface area contributed by atoms with Crippen LogP contribution >= 0.6 is 0 Å². The van der Waals surface area contributed by atoms with Crippen molar-refractivity contribution in [2.75, 3.05) is 11.8 Å². The maximum atomic E-state index is 12.7. The smallest absolute Gasteiger partial charge is 0.267 e. The molecule has 7 heteroatoms. The van der Waals surface area contributed by atoms with Crippen LogP contribution in [0.15, 0.2) is 57.9 Å². The van der Waals surface area contributed by atoms with Gasteiger partial charge in [-0.2, -0.15) is 0 Å². The largest absolute Gasteiger partial charge is 0.496 e. The molecule has 1 N–H and O–H groups in total. The third kappa shape index (κ3) is 3.72. The van der Waals surface area contributed by atoms with Crippen molar-refractivity contribution < 1.29 is 17.7 Å². The normalized spacial score (nSPS) is 11.3. The Bertz CT molecular complexity index is 992. The van der Waals surface area contributed by atoms with Crippen LogP contribution in [0.5, 0.6) is 5.75 Å². The topological polar surface area (TPSA) is 81.4 Å². The second kappa shape index (κ2) is 7.21. The fraction of sp³-hybridized carbons (Fsp3) is 0.211. The van der Waals surface area contributed by atoms with Gasteiger partial charge in [-0.25, -0.2) is 8.42 Å². The standard InChI is InChI=1S/C19H20N2O4S/c1-13-19(14(2)25-20-13)26(22,23)21-17-9-10-18(24-3)16(12-17)11-15-7-5-4-6-8-15/h4-10,12,21H,11H2,1-3H3. The second-order valence-corrected chi connectivity index (χ2v) is 7.57. The van der Waals surface area contributed by atoms with E-state index in [4.69, 9.17) is 9.26 Å². The zero-order valence-corrected chi connectivity index (χ0v) is 15.6. The number of nitrogens with one attached hydrogen (secondary N) is 1. The number of ether oxygens (including phenoxy) is 1. The van der Waals surface area contributed by atoms with Gasteiger partial charge in [0.15, 0.2) is 10.7 Å². The average Bonchev–Trinajstić information content (AvgIpc) is 2.95. The lowest BCUT2D eigenvalue weighted by atomic mass is 10.0. The molecule has 1 aromatic heterocycles. The highest BCUT2D eigenvalue weighted by Gasteiger charge is 2.24. The van der Waals surface area contributed by atoms with E-state index in [0.717, 1.165) is 11.1 Å². The summed E-state index contributed by atoms with van der Waals surface area (Å²) in [7, 11) is -2.19. The maximum absolute atomic E-state index is 12.7. The average molecular weight is 372 g/mol. The maximum Gasteiger partial charge on any atom is 0.267 e. The minimum Gasteiger partial charge on any atom is -0.496 e. The van der Waals surface area contributed by atoms with E-state index in [1.165, 1.54) is 0 Å². The highest BCUT2D eigenvalue weighted by atomic mass is 32.2. The van der Waals surface area contributed by atoms with Crippen molar-refractivity contribution in [3.63, 3.8) is 0 Å². The van der Waals surface area contributed by atoms with Crippen LogP contribution in [-0.2, 0) is 16.4 Å². The lowest BCUT2D eigenvalue weighted by Gasteiger charge is -2.13. The molecule has 0 aliphatic carbocycles. The summed E-state index contributed by atoms with van der Waals surface area (Å²) in [5, 5.41) is 3.71. The minimum atomic E-state index is -3.79. The van der Waals surface area contributed by atoms with Gasteiger partial charge in [-0.1, -0.05) is 35.5 Å². The molecule has 0 unspecified atom stereocenters. The summed E-state index contributed by atoms with van der Waals surface area (Å²) in [5.74, 6) is 0.960. The van der Waals surface area contributed by atoms with Gasteiger partial charge in [0.1, 0.15) is 11.4 Å². The molecule has 0 bridgehead atoms. The van der Waals surface area contributed by atoms with Crippen LogP contribution in [0.2, 0.25) is 0 Å². The second-order valence-electron chi connectivity index (χ2n) is 5.95. The van der Waals surface area contributed by atoms with E-state index in [-0.39, 0.29) is 10.7 Å². The van der Waals surface area contributed by atoms with Gasteiger partial charge in [-0.3, -0.25) is 4.72 Å². The Kier molecular flexibility index (Phi) is 4.99. The number of hydrogen-bond acceptors (Lipinski definition) is 5. The van der Waals surface area contributed by atoms with Gasteiger partial charge < -0.3 is 9.26 Å². The van der Waals surface area contributed by atoms with Crippen LogP contribution < -0.4 is 9.46 Å². The number of methoxy groups -OCH3 is 1. The van der Waals surface area contributed by atoms with Crippen LogP contribution in [0.1, 0.15) is 22.6 Å². The summed E-state index contributed by atoms with van der Waals surface area (Å²) in [5.41, 5.74) is 2.78. The first-order valence-electron chi connectivity index (χ1n) is 8.07. The third-order valence-corrected chi connectivity index (χ3v) is 5.63. The van der Waals surface area contributed by atoms with E-state index < -0.39 is 10.0 Å². The van der Waals surface area contributed by atoms with E-state index >= 15 is 0 Å². The molecule has 3 aromatic rings. The molecule has 0 aliphatic rings. The summed E-state index contributed by atoms with van der Waals surface area (Å²) >= 11 is 0. The summed E-state index contributed by atoms with van der Waals surface area (Å²) in [6, 6.07) is 15.1. The Labute approximate surface area is 152 Å².